The monoisotopic (exact) mass is 321 g/mol. The fraction of sp³-hybridized carbons (Fsp3) is 0.812. The van der Waals surface area contributed by atoms with Gasteiger partial charge < -0.3 is 14.6 Å². The summed E-state index contributed by atoms with van der Waals surface area (Å²) >= 11 is 0. The van der Waals surface area contributed by atoms with Gasteiger partial charge >= 0.3 is 0 Å². The highest BCUT2D eigenvalue weighted by atomic mass is 16.5. The summed E-state index contributed by atoms with van der Waals surface area (Å²) in [5, 5.41) is 11.2. The van der Waals surface area contributed by atoms with E-state index in [9.17, 15) is 4.79 Å². The first-order chi connectivity index (χ1) is 11.2. The number of nitrogens with zero attached hydrogens (tertiary/aromatic N) is 4. The fourth-order valence-electron chi connectivity index (χ4n) is 3.68. The van der Waals surface area contributed by atoms with Crippen LogP contribution in [0, 0.1) is 0 Å². The van der Waals surface area contributed by atoms with Gasteiger partial charge in [-0.3, -0.25) is 9.69 Å². The summed E-state index contributed by atoms with van der Waals surface area (Å²) in [7, 11) is 1.91. The highest BCUT2D eigenvalue weighted by Crippen LogP contribution is 2.31. The van der Waals surface area contributed by atoms with Crippen molar-refractivity contribution in [3.05, 3.63) is 12.2 Å². The number of nitrogens with one attached hydrogen (secondary N) is 1. The minimum Gasteiger partial charge on any atom is -0.379 e. The molecule has 2 fully saturated rings. The smallest absolute Gasteiger partial charge is 0.220 e. The second-order valence-electron chi connectivity index (χ2n) is 6.78. The van der Waals surface area contributed by atoms with E-state index in [-0.39, 0.29) is 11.4 Å². The number of rotatable bonds is 6. The summed E-state index contributed by atoms with van der Waals surface area (Å²) in [6.45, 7) is 4.49. The Morgan fingerprint density at radius 1 is 1.35 bits per heavy atom. The lowest BCUT2D eigenvalue weighted by atomic mass is 9.96. The molecule has 1 aromatic rings. The third-order valence-corrected chi connectivity index (χ3v) is 4.98. The number of hydrogen-bond acceptors (Lipinski definition) is 5. The first kappa shape index (κ1) is 16.4. The zero-order chi connectivity index (χ0) is 16.1. The third-order valence-electron chi connectivity index (χ3n) is 4.98. The minimum atomic E-state index is -0.0473. The van der Waals surface area contributed by atoms with Gasteiger partial charge in [0.2, 0.25) is 5.91 Å². The SMILES string of the molecule is Cn1cnnc1CCC(=O)NC1(CN2CCOCC2)CCCC1. The van der Waals surface area contributed by atoms with E-state index in [1.165, 1.54) is 12.8 Å². The van der Waals surface area contributed by atoms with Gasteiger partial charge in [-0.1, -0.05) is 12.8 Å². The molecule has 1 aliphatic heterocycles. The van der Waals surface area contributed by atoms with E-state index in [0.717, 1.165) is 51.5 Å². The lowest BCUT2D eigenvalue weighted by Crippen LogP contribution is -2.55. The molecule has 23 heavy (non-hydrogen) atoms. The number of aryl methyl sites for hydroxylation is 2. The second-order valence-corrected chi connectivity index (χ2v) is 6.78. The number of amides is 1. The molecule has 1 N–H and O–H groups in total. The normalized spacial score (nSPS) is 21.4. The van der Waals surface area contributed by atoms with E-state index in [4.69, 9.17) is 4.74 Å². The van der Waals surface area contributed by atoms with Crippen LogP contribution in [0.4, 0.5) is 0 Å². The van der Waals surface area contributed by atoms with Crippen LogP contribution >= 0.6 is 0 Å². The Labute approximate surface area is 137 Å². The molecule has 7 heteroatoms. The molecular weight excluding hydrogens is 294 g/mol. The highest BCUT2D eigenvalue weighted by Gasteiger charge is 2.37. The minimum absolute atomic E-state index is 0.0473. The van der Waals surface area contributed by atoms with E-state index in [2.05, 4.69) is 20.4 Å². The predicted octanol–water partition coefficient (Wildman–Crippen LogP) is 0.509. The third kappa shape index (κ3) is 4.29. The molecular formula is C16H27N5O2. The maximum absolute atomic E-state index is 12.4. The summed E-state index contributed by atoms with van der Waals surface area (Å²) in [5.41, 5.74) is -0.0473. The van der Waals surface area contributed by atoms with E-state index < -0.39 is 0 Å². The van der Waals surface area contributed by atoms with Crippen molar-refractivity contribution >= 4 is 5.91 Å². The highest BCUT2D eigenvalue weighted by molar-refractivity contribution is 5.77. The van der Waals surface area contributed by atoms with Crippen LogP contribution in [0.1, 0.15) is 37.9 Å². The molecule has 1 saturated heterocycles. The summed E-state index contributed by atoms with van der Waals surface area (Å²) in [6.07, 6.45) is 7.35. The zero-order valence-electron chi connectivity index (χ0n) is 14.0. The van der Waals surface area contributed by atoms with Crippen molar-refractivity contribution in [2.24, 2.45) is 7.05 Å². The van der Waals surface area contributed by atoms with E-state index >= 15 is 0 Å². The van der Waals surface area contributed by atoms with E-state index in [1.54, 1.807) is 6.33 Å². The maximum atomic E-state index is 12.4. The van der Waals surface area contributed by atoms with Gasteiger partial charge in [-0.25, -0.2) is 0 Å². The van der Waals surface area contributed by atoms with Gasteiger partial charge in [0.1, 0.15) is 12.2 Å². The molecule has 2 heterocycles. The van der Waals surface area contributed by atoms with Gasteiger partial charge in [0.15, 0.2) is 0 Å². The number of ether oxygens (including phenoxy) is 1. The Bertz CT molecular complexity index is 518. The number of morpholine rings is 1. The first-order valence-corrected chi connectivity index (χ1v) is 8.61. The van der Waals surface area contributed by atoms with Gasteiger partial charge in [-0.2, -0.15) is 0 Å². The Morgan fingerprint density at radius 3 is 2.74 bits per heavy atom. The van der Waals surface area contributed by atoms with Crippen LogP contribution in [0.15, 0.2) is 6.33 Å². The fourth-order valence-corrected chi connectivity index (χ4v) is 3.68. The standard InChI is InChI=1S/C16H27N5O2/c1-20-13-17-19-14(20)4-5-15(22)18-16(6-2-3-7-16)12-21-8-10-23-11-9-21/h13H,2-12H2,1H3,(H,18,22). The predicted molar refractivity (Wildman–Crippen MR) is 85.9 cm³/mol. The number of carbonyl (C=O) groups excluding carboxylic acids is 1. The number of carbonyl (C=O) groups is 1. The van der Waals surface area contributed by atoms with Crippen LogP contribution in [0.3, 0.4) is 0 Å². The van der Waals surface area contributed by atoms with E-state index in [0.29, 0.717) is 12.8 Å². The quantitative estimate of drug-likeness (QED) is 0.826. The van der Waals surface area contributed by atoms with Crippen molar-refractivity contribution in [2.45, 2.75) is 44.1 Å². The molecule has 0 bridgehead atoms. The van der Waals surface area contributed by atoms with Crippen molar-refractivity contribution in [2.75, 3.05) is 32.8 Å². The van der Waals surface area contributed by atoms with Gasteiger partial charge in [0, 0.05) is 39.5 Å². The van der Waals surface area contributed by atoms with Crippen LogP contribution in [0.5, 0.6) is 0 Å². The van der Waals surface area contributed by atoms with Crippen molar-refractivity contribution in [1.29, 1.82) is 0 Å². The van der Waals surface area contributed by atoms with Crippen molar-refractivity contribution < 1.29 is 9.53 Å². The van der Waals surface area contributed by atoms with Gasteiger partial charge in [0.25, 0.3) is 0 Å². The van der Waals surface area contributed by atoms with Gasteiger partial charge in [-0.05, 0) is 12.8 Å². The first-order valence-electron chi connectivity index (χ1n) is 8.61. The van der Waals surface area contributed by atoms with Crippen molar-refractivity contribution in [3.63, 3.8) is 0 Å². The van der Waals surface area contributed by atoms with Crippen LogP contribution in [0.25, 0.3) is 0 Å². The molecule has 1 saturated carbocycles. The molecule has 0 atom stereocenters. The average molecular weight is 321 g/mol. The van der Waals surface area contributed by atoms with Crippen LogP contribution < -0.4 is 5.32 Å². The Balaban J connectivity index is 1.53. The molecule has 1 amide bonds. The topological polar surface area (TPSA) is 72.3 Å². The summed E-state index contributed by atoms with van der Waals surface area (Å²) in [6, 6.07) is 0. The molecule has 2 aliphatic rings. The second kappa shape index (κ2) is 7.40. The molecule has 0 unspecified atom stereocenters. The molecule has 0 spiro atoms. The van der Waals surface area contributed by atoms with Crippen LogP contribution in [0.2, 0.25) is 0 Å². The molecule has 3 rings (SSSR count). The lowest BCUT2D eigenvalue weighted by Gasteiger charge is -2.37. The van der Waals surface area contributed by atoms with Crippen LogP contribution in [-0.4, -0.2) is 64.0 Å². The average Bonchev–Trinajstić information content (AvgIpc) is 3.16. The molecule has 1 aliphatic carbocycles. The maximum Gasteiger partial charge on any atom is 0.220 e. The van der Waals surface area contributed by atoms with Gasteiger partial charge in [-0.15, -0.1) is 10.2 Å². The molecule has 7 nitrogen and oxygen atoms in total. The summed E-state index contributed by atoms with van der Waals surface area (Å²) < 4.78 is 7.29. The lowest BCUT2D eigenvalue weighted by molar-refractivity contribution is -0.123. The Hall–Kier alpha value is -1.47. The largest absolute Gasteiger partial charge is 0.379 e. The molecule has 0 radical (unpaired) electrons. The van der Waals surface area contributed by atoms with E-state index in [1.807, 2.05) is 11.6 Å². The number of aromatic nitrogens is 3. The number of hydrogen-bond donors (Lipinski definition) is 1. The van der Waals surface area contributed by atoms with Crippen molar-refractivity contribution in [1.82, 2.24) is 25.0 Å². The van der Waals surface area contributed by atoms with Gasteiger partial charge in [0.05, 0.1) is 18.8 Å². The Kier molecular flexibility index (Phi) is 5.27. The summed E-state index contributed by atoms with van der Waals surface area (Å²) in [5.74, 6) is 0.983. The Morgan fingerprint density at radius 2 is 2.09 bits per heavy atom. The molecule has 1 aromatic heterocycles. The van der Waals surface area contributed by atoms with Crippen molar-refractivity contribution in [3.8, 4) is 0 Å². The molecule has 0 aromatic carbocycles. The zero-order valence-corrected chi connectivity index (χ0v) is 14.0. The van der Waals surface area contributed by atoms with Crippen LogP contribution in [-0.2, 0) is 23.0 Å². The summed E-state index contributed by atoms with van der Waals surface area (Å²) in [4.78, 5) is 14.9. The molecule has 128 valence electrons.